The molecular weight excluding hydrogens is 448 g/mol. The van der Waals surface area contributed by atoms with E-state index in [1.807, 2.05) is 0 Å². The van der Waals surface area contributed by atoms with Gasteiger partial charge in [-0.1, -0.05) is 11.6 Å². The zero-order chi connectivity index (χ0) is 23.0. The van der Waals surface area contributed by atoms with Crippen LogP contribution >= 0.6 is 11.6 Å². The molecular formula is C22H19ClF4N4O. The lowest BCUT2D eigenvalue weighted by Gasteiger charge is -2.24. The standard InChI is InChI=1S/C22H19ClF4N4O/c1-13-9-17(16-4-3-15(24)11-19(16)29-13)21(32)31-6-2-5-30(7-8-31)20-18(23)10-14(12-28-20)22(25,26)27/h3-4,9-12H,2,5-8H2,1H3. The number of carbonyl (C=O) groups excluding carboxylic acids is 1. The van der Waals surface area contributed by atoms with Crippen molar-refractivity contribution in [3.05, 3.63) is 64.2 Å². The highest BCUT2D eigenvalue weighted by Gasteiger charge is 2.32. The highest BCUT2D eigenvalue weighted by atomic mass is 35.5. The molecule has 1 aliphatic rings. The van der Waals surface area contributed by atoms with Crippen molar-refractivity contribution in [2.75, 3.05) is 31.1 Å². The zero-order valence-corrected chi connectivity index (χ0v) is 17.8. The first-order valence-corrected chi connectivity index (χ1v) is 10.3. The predicted molar refractivity (Wildman–Crippen MR) is 113 cm³/mol. The third-order valence-electron chi connectivity index (χ3n) is 5.36. The van der Waals surface area contributed by atoms with Crippen molar-refractivity contribution >= 4 is 34.2 Å². The molecule has 32 heavy (non-hydrogen) atoms. The van der Waals surface area contributed by atoms with Gasteiger partial charge in [0.25, 0.3) is 5.91 Å². The van der Waals surface area contributed by atoms with Gasteiger partial charge in [0.2, 0.25) is 0 Å². The SMILES string of the molecule is Cc1cc(C(=O)N2CCCN(c3ncc(C(F)(F)F)cc3Cl)CC2)c2ccc(F)cc2n1. The van der Waals surface area contributed by atoms with Gasteiger partial charge in [-0.15, -0.1) is 0 Å². The third kappa shape index (κ3) is 4.48. The van der Waals surface area contributed by atoms with Crippen LogP contribution in [0.3, 0.4) is 0 Å². The molecule has 0 radical (unpaired) electrons. The number of aryl methyl sites for hydroxylation is 1. The molecule has 0 atom stereocenters. The van der Waals surface area contributed by atoms with E-state index in [0.717, 1.165) is 12.3 Å². The van der Waals surface area contributed by atoms with E-state index in [0.29, 0.717) is 54.8 Å². The number of anilines is 1. The van der Waals surface area contributed by atoms with E-state index in [9.17, 15) is 22.4 Å². The van der Waals surface area contributed by atoms with Crippen molar-refractivity contribution in [3.63, 3.8) is 0 Å². The Morgan fingerprint density at radius 3 is 2.59 bits per heavy atom. The predicted octanol–water partition coefficient (Wildman–Crippen LogP) is 5.10. The molecule has 1 saturated heterocycles. The first-order chi connectivity index (χ1) is 15.1. The monoisotopic (exact) mass is 466 g/mol. The zero-order valence-electron chi connectivity index (χ0n) is 17.1. The summed E-state index contributed by atoms with van der Waals surface area (Å²) in [6.07, 6.45) is -3.17. The second kappa shape index (κ2) is 8.54. The summed E-state index contributed by atoms with van der Waals surface area (Å²) < 4.78 is 52.3. The molecule has 3 heterocycles. The van der Waals surface area contributed by atoms with Crippen LogP contribution in [0.25, 0.3) is 10.9 Å². The number of benzene rings is 1. The van der Waals surface area contributed by atoms with E-state index < -0.39 is 17.6 Å². The van der Waals surface area contributed by atoms with E-state index in [4.69, 9.17) is 11.6 Å². The average Bonchev–Trinajstić information content (AvgIpc) is 2.97. The molecule has 1 aliphatic heterocycles. The maximum Gasteiger partial charge on any atom is 0.417 e. The second-order valence-corrected chi connectivity index (χ2v) is 8.04. The first-order valence-electron chi connectivity index (χ1n) is 9.97. The Hall–Kier alpha value is -2.94. The van der Waals surface area contributed by atoms with Crippen LogP contribution in [0.5, 0.6) is 0 Å². The second-order valence-electron chi connectivity index (χ2n) is 7.63. The highest BCUT2D eigenvalue weighted by Crippen LogP contribution is 2.34. The molecule has 1 amide bonds. The minimum Gasteiger partial charge on any atom is -0.354 e. The molecule has 1 fully saturated rings. The molecule has 0 saturated carbocycles. The lowest BCUT2D eigenvalue weighted by Crippen LogP contribution is -2.35. The maximum absolute atomic E-state index is 13.6. The van der Waals surface area contributed by atoms with Crippen molar-refractivity contribution in [1.29, 1.82) is 0 Å². The summed E-state index contributed by atoms with van der Waals surface area (Å²) >= 11 is 6.09. The van der Waals surface area contributed by atoms with Gasteiger partial charge in [-0.3, -0.25) is 9.78 Å². The summed E-state index contributed by atoms with van der Waals surface area (Å²) in [7, 11) is 0. The molecule has 5 nitrogen and oxygen atoms in total. The van der Waals surface area contributed by atoms with Crippen LogP contribution in [0.2, 0.25) is 5.02 Å². The van der Waals surface area contributed by atoms with Gasteiger partial charge in [0, 0.05) is 49.5 Å². The number of aromatic nitrogens is 2. The highest BCUT2D eigenvalue weighted by molar-refractivity contribution is 6.33. The van der Waals surface area contributed by atoms with Crippen LogP contribution in [0, 0.1) is 12.7 Å². The van der Waals surface area contributed by atoms with E-state index in [-0.39, 0.29) is 16.7 Å². The Morgan fingerprint density at radius 2 is 1.88 bits per heavy atom. The van der Waals surface area contributed by atoms with Crippen molar-refractivity contribution in [2.24, 2.45) is 0 Å². The Morgan fingerprint density at radius 1 is 1.09 bits per heavy atom. The maximum atomic E-state index is 13.6. The van der Waals surface area contributed by atoms with E-state index in [2.05, 4.69) is 9.97 Å². The van der Waals surface area contributed by atoms with Gasteiger partial charge in [0.15, 0.2) is 0 Å². The Balaban J connectivity index is 1.55. The molecule has 0 bridgehead atoms. The number of nitrogens with zero attached hydrogens (tertiary/aromatic N) is 4. The summed E-state index contributed by atoms with van der Waals surface area (Å²) in [4.78, 5) is 25.0. The number of halogens is 5. The Bertz CT molecular complexity index is 1180. The van der Waals surface area contributed by atoms with Gasteiger partial charge in [-0.25, -0.2) is 9.37 Å². The Labute approximate surface area is 186 Å². The summed E-state index contributed by atoms with van der Waals surface area (Å²) in [5.41, 5.74) is 0.537. The molecule has 0 N–H and O–H groups in total. The minimum atomic E-state index is -4.52. The lowest BCUT2D eigenvalue weighted by atomic mass is 10.1. The number of hydrogen-bond donors (Lipinski definition) is 0. The molecule has 10 heteroatoms. The number of amides is 1. The minimum absolute atomic E-state index is 0.0858. The molecule has 168 valence electrons. The average molecular weight is 467 g/mol. The largest absolute Gasteiger partial charge is 0.417 e. The van der Waals surface area contributed by atoms with Gasteiger partial charge in [0.05, 0.1) is 21.7 Å². The molecule has 2 aromatic heterocycles. The summed E-state index contributed by atoms with van der Waals surface area (Å²) in [6, 6.07) is 6.67. The van der Waals surface area contributed by atoms with E-state index in [1.165, 1.54) is 12.1 Å². The van der Waals surface area contributed by atoms with Crippen molar-refractivity contribution in [1.82, 2.24) is 14.9 Å². The number of fused-ring (bicyclic) bond motifs is 1. The van der Waals surface area contributed by atoms with E-state index in [1.54, 1.807) is 28.9 Å². The summed E-state index contributed by atoms with van der Waals surface area (Å²) in [5, 5.41) is 0.480. The van der Waals surface area contributed by atoms with Crippen LogP contribution in [-0.2, 0) is 6.18 Å². The number of hydrogen-bond acceptors (Lipinski definition) is 4. The van der Waals surface area contributed by atoms with Gasteiger partial charge >= 0.3 is 6.18 Å². The van der Waals surface area contributed by atoms with Crippen LogP contribution in [-0.4, -0.2) is 47.0 Å². The lowest BCUT2D eigenvalue weighted by molar-refractivity contribution is -0.137. The quantitative estimate of drug-likeness (QED) is 0.493. The number of alkyl halides is 3. The smallest absolute Gasteiger partial charge is 0.354 e. The number of rotatable bonds is 2. The summed E-state index contributed by atoms with van der Waals surface area (Å²) in [5.74, 6) is -0.379. The summed E-state index contributed by atoms with van der Waals surface area (Å²) in [6.45, 7) is 3.38. The molecule has 3 aromatic rings. The van der Waals surface area contributed by atoms with Gasteiger partial charge in [-0.05, 0) is 37.6 Å². The fourth-order valence-corrected chi connectivity index (χ4v) is 4.12. The van der Waals surface area contributed by atoms with Crippen molar-refractivity contribution < 1.29 is 22.4 Å². The van der Waals surface area contributed by atoms with Crippen molar-refractivity contribution in [2.45, 2.75) is 19.5 Å². The number of carbonyl (C=O) groups is 1. The van der Waals surface area contributed by atoms with E-state index >= 15 is 0 Å². The fourth-order valence-electron chi connectivity index (χ4n) is 3.83. The van der Waals surface area contributed by atoms with Crippen LogP contribution in [0.15, 0.2) is 36.5 Å². The molecule has 0 unspecified atom stereocenters. The first kappa shape index (κ1) is 22.3. The fraction of sp³-hybridized carbons (Fsp3) is 0.318. The molecule has 4 rings (SSSR count). The number of pyridine rings is 2. The van der Waals surface area contributed by atoms with Crippen molar-refractivity contribution in [3.8, 4) is 0 Å². The molecule has 0 aliphatic carbocycles. The van der Waals surface area contributed by atoms with Crippen LogP contribution < -0.4 is 4.90 Å². The van der Waals surface area contributed by atoms with Crippen LogP contribution in [0.1, 0.15) is 28.0 Å². The third-order valence-corrected chi connectivity index (χ3v) is 5.64. The van der Waals surface area contributed by atoms with Gasteiger partial charge in [-0.2, -0.15) is 13.2 Å². The van der Waals surface area contributed by atoms with Crippen LogP contribution in [0.4, 0.5) is 23.4 Å². The molecule has 0 spiro atoms. The Kier molecular flexibility index (Phi) is 5.94. The normalized spacial score (nSPS) is 15.2. The van der Waals surface area contributed by atoms with Gasteiger partial charge in [0.1, 0.15) is 11.6 Å². The molecule has 1 aromatic carbocycles. The topological polar surface area (TPSA) is 49.3 Å². The van der Waals surface area contributed by atoms with Gasteiger partial charge < -0.3 is 9.80 Å².